The maximum atomic E-state index is 14.7. The van der Waals surface area contributed by atoms with Crippen molar-refractivity contribution < 1.29 is 9.77 Å². The van der Waals surface area contributed by atoms with Crippen LogP contribution in [0.5, 0.6) is 0 Å². The van der Waals surface area contributed by atoms with Crippen LogP contribution in [0.4, 0.5) is 0 Å². The molecule has 0 fully saturated rings. The van der Waals surface area contributed by atoms with Gasteiger partial charge in [0.05, 0.1) is 5.78 Å². The van der Waals surface area contributed by atoms with Gasteiger partial charge in [-0.2, -0.15) is 5.06 Å². The first-order valence-corrected chi connectivity index (χ1v) is 11.6. The second-order valence-electron chi connectivity index (χ2n) is 7.04. The van der Waals surface area contributed by atoms with Gasteiger partial charge in [-0.15, -0.1) is 0 Å². The van der Waals surface area contributed by atoms with Gasteiger partial charge < -0.3 is 9.77 Å². The summed E-state index contributed by atoms with van der Waals surface area (Å²) in [6.07, 6.45) is 2.56. The van der Waals surface area contributed by atoms with Crippen LogP contribution < -0.4 is 10.6 Å². The van der Waals surface area contributed by atoms with Crippen LogP contribution in [-0.2, 0) is 11.1 Å². The zero-order chi connectivity index (χ0) is 19.8. The molecular formula is C24H28NO2P. The summed E-state index contributed by atoms with van der Waals surface area (Å²) in [7, 11) is -3.08. The van der Waals surface area contributed by atoms with Crippen molar-refractivity contribution in [1.82, 2.24) is 5.06 Å². The monoisotopic (exact) mass is 393 g/mol. The number of unbranched alkanes of at least 4 members (excludes halogenated alkanes) is 1. The molecular weight excluding hydrogens is 365 g/mol. The largest absolute Gasteiger partial charge is 0.313 e. The molecule has 3 aromatic rings. The lowest BCUT2D eigenvalue weighted by Gasteiger charge is -2.34. The van der Waals surface area contributed by atoms with Gasteiger partial charge >= 0.3 is 0 Å². The molecule has 0 saturated carbocycles. The van der Waals surface area contributed by atoms with E-state index in [0.717, 1.165) is 29.0 Å². The van der Waals surface area contributed by atoms with Gasteiger partial charge in [0.2, 0.25) is 0 Å². The van der Waals surface area contributed by atoms with Crippen LogP contribution in [0.25, 0.3) is 0 Å². The van der Waals surface area contributed by atoms with Gasteiger partial charge in [0.25, 0.3) is 0 Å². The van der Waals surface area contributed by atoms with E-state index < -0.39 is 12.9 Å². The zero-order valence-electron chi connectivity index (χ0n) is 16.3. The van der Waals surface area contributed by atoms with E-state index in [1.165, 1.54) is 5.06 Å². The van der Waals surface area contributed by atoms with Crippen molar-refractivity contribution >= 4 is 17.8 Å². The summed E-state index contributed by atoms with van der Waals surface area (Å²) in [6.45, 7) is 2.46. The van der Waals surface area contributed by atoms with Gasteiger partial charge in [-0.05, 0) is 12.0 Å². The van der Waals surface area contributed by atoms with Gasteiger partial charge in [-0.25, -0.2) is 0 Å². The van der Waals surface area contributed by atoms with E-state index in [0.29, 0.717) is 13.0 Å². The topological polar surface area (TPSA) is 40.5 Å². The third kappa shape index (κ3) is 4.62. The minimum absolute atomic E-state index is 0.346. The molecule has 1 atom stereocenters. The van der Waals surface area contributed by atoms with Crippen molar-refractivity contribution in [3.63, 3.8) is 0 Å². The molecule has 1 unspecified atom stereocenters. The summed E-state index contributed by atoms with van der Waals surface area (Å²) >= 11 is 0. The van der Waals surface area contributed by atoms with Crippen LogP contribution in [-0.4, -0.2) is 16.1 Å². The highest BCUT2D eigenvalue weighted by Crippen LogP contribution is 2.51. The number of hydroxylamine groups is 2. The Labute approximate surface area is 168 Å². The van der Waals surface area contributed by atoms with Gasteiger partial charge in [-0.1, -0.05) is 111 Å². The van der Waals surface area contributed by atoms with Gasteiger partial charge in [0, 0.05) is 17.2 Å². The fraction of sp³-hybridized carbons (Fsp3) is 0.250. The van der Waals surface area contributed by atoms with Gasteiger partial charge in [0.1, 0.15) is 0 Å². The Hall–Kier alpha value is -2.19. The van der Waals surface area contributed by atoms with Gasteiger partial charge in [-0.3, -0.25) is 0 Å². The molecule has 3 nitrogen and oxygen atoms in total. The summed E-state index contributed by atoms with van der Waals surface area (Å²) in [5.41, 5.74) is 0.999. The number of hydrogen-bond donors (Lipinski definition) is 1. The minimum atomic E-state index is -3.08. The first kappa shape index (κ1) is 20.5. The second-order valence-corrected chi connectivity index (χ2v) is 9.98. The Kier molecular flexibility index (Phi) is 7.22. The molecule has 0 aromatic heterocycles. The van der Waals surface area contributed by atoms with Crippen molar-refractivity contribution in [2.24, 2.45) is 0 Å². The highest BCUT2D eigenvalue weighted by molar-refractivity contribution is 7.79. The Morgan fingerprint density at radius 1 is 0.821 bits per heavy atom. The summed E-state index contributed by atoms with van der Waals surface area (Å²) in [4.78, 5) is 0. The lowest BCUT2D eigenvalue weighted by Crippen LogP contribution is -2.38. The number of benzene rings is 3. The van der Waals surface area contributed by atoms with Crippen LogP contribution in [0.1, 0.15) is 31.7 Å². The number of nitrogens with zero attached hydrogens (tertiary/aromatic N) is 1. The molecule has 0 spiro atoms. The van der Waals surface area contributed by atoms with Crippen LogP contribution in [0, 0.1) is 0 Å². The van der Waals surface area contributed by atoms with E-state index in [1.807, 2.05) is 91.0 Å². The van der Waals surface area contributed by atoms with Crippen molar-refractivity contribution in [1.29, 1.82) is 0 Å². The Balaban J connectivity index is 2.05. The third-order valence-corrected chi connectivity index (χ3v) is 8.54. The smallest absolute Gasteiger partial charge is 0.161 e. The number of rotatable bonds is 9. The Bertz CT molecular complexity index is 841. The SMILES string of the molecule is CCCCC(N(O)Cc1ccccc1)P(=O)(c1ccccc1)c1ccccc1. The first-order valence-electron chi connectivity index (χ1n) is 9.86. The molecule has 28 heavy (non-hydrogen) atoms. The average Bonchev–Trinajstić information content (AvgIpc) is 2.75. The summed E-state index contributed by atoms with van der Waals surface area (Å²) in [5.74, 6) is -0.475. The maximum Gasteiger partial charge on any atom is 0.161 e. The molecule has 0 heterocycles. The fourth-order valence-corrected chi connectivity index (χ4v) is 6.79. The maximum absolute atomic E-state index is 14.7. The van der Waals surface area contributed by atoms with Crippen molar-refractivity contribution in [2.45, 2.75) is 38.5 Å². The van der Waals surface area contributed by atoms with E-state index in [1.54, 1.807) is 0 Å². The fourth-order valence-electron chi connectivity index (χ4n) is 3.57. The molecule has 0 aliphatic rings. The predicted octanol–water partition coefficient (Wildman–Crippen LogP) is 5.41. The average molecular weight is 393 g/mol. The lowest BCUT2D eigenvalue weighted by molar-refractivity contribution is -0.114. The summed E-state index contributed by atoms with van der Waals surface area (Å²) in [5, 5.41) is 14.0. The van der Waals surface area contributed by atoms with Crippen LogP contribution in [0.3, 0.4) is 0 Å². The van der Waals surface area contributed by atoms with Crippen LogP contribution in [0.2, 0.25) is 0 Å². The predicted molar refractivity (Wildman–Crippen MR) is 117 cm³/mol. The molecule has 4 heteroatoms. The van der Waals surface area contributed by atoms with Crippen LogP contribution in [0.15, 0.2) is 91.0 Å². The molecule has 1 N–H and O–H groups in total. The van der Waals surface area contributed by atoms with E-state index in [9.17, 15) is 9.77 Å². The first-order chi connectivity index (χ1) is 13.7. The molecule has 0 aliphatic heterocycles. The van der Waals surface area contributed by atoms with E-state index in [4.69, 9.17) is 0 Å². The molecule has 146 valence electrons. The molecule has 0 saturated heterocycles. The molecule has 0 radical (unpaired) electrons. The minimum Gasteiger partial charge on any atom is -0.313 e. The second kappa shape index (κ2) is 9.84. The van der Waals surface area contributed by atoms with Crippen LogP contribution >= 0.6 is 7.14 Å². The summed E-state index contributed by atoms with van der Waals surface area (Å²) < 4.78 is 14.7. The van der Waals surface area contributed by atoms with E-state index in [-0.39, 0.29) is 0 Å². The molecule has 0 amide bonds. The van der Waals surface area contributed by atoms with E-state index >= 15 is 0 Å². The summed E-state index contributed by atoms with van der Waals surface area (Å²) in [6, 6.07) is 29.0. The molecule has 0 aliphatic carbocycles. The highest BCUT2D eigenvalue weighted by Gasteiger charge is 2.39. The van der Waals surface area contributed by atoms with Crippen molar-refractivity contribution in [3.05, 3.63) is 96.6 Å². The lowest BCUT2D eigenvalue weighted by atomic mass is 10.2. The quantitative estimate of drug-likeness (QED) is 0.390. The Morgan fingerprint density at radius 3 is 1.75 bits per heavy atom. The standard InChI is InChI=1S/C24H28NO2P/c1-2-3-19-24(25(26)20-21-13-7-4-8-14-21)28(27,22-15-9-5-10-16-22)23-17-11-6-12-18-23/h4-18,24,26H,2-3,19-20H2,1H3. The normalized spacial score (nSPS) is 12.8. The molecule has 0 bridgehead atoms. The molecule has 3 rings (SSSR count). The third-order valence-electron chi connectivity index (χ3n) is 5.05. The van der Waals surface area contributed by atoms with Crippen molar-refractivity contribution in [3.8, 4) is 0 Å². The van der Waals surface area contributed by atoms with Crippen molar-refractivity contribution in [2.75, 3.05) is 0 Å². The zero-order valence-corrected chi connectivity index (χ0v) is 17.2. The Morgan fingerprint density at radius 2 is 1.29 bits per heavy atom. The number of hydrogen-bond acceptors (Lipinski definition) is 3. The van der Waals surface area contributed by atoms with Gasteiger partial charge in [0.15, 0.2) is 7.14 Å². The highest BCUT2D eigenvalue weighted by atomic mass is 31.2. The molecule has 3 aromatic carbocycles. The van der Waals surface area contributed by atoms with E-state index in [2.05, 4.69) is 6.92 Å².